The molecule has 0 saturated heterocycles. The van der Waals surface area contributed by atoms with E-state index in [4.69, 9.17) is 9.68 Å². The summed E-state index contributed by atoms with van der Waals surface area (Å²) in [6.45, 7) is 0. The van der Waals surface area contributed by atoms with Gasteiger partial charge in [-0.3, -0.25) is 4.98 Å². The van der Waals surface area contributed by atoms with Crippen molar-refractivity contribution in [1.29, 1.82) is 5.26 Å². The van der Waals surface area contributed by atoms with Crippen molar-refractivity contribution in [3.8, 4) is 17.3 Å². The van der Waals surface area contributed by atoms with Gasteiger partial charge in [-0.25, -0.2) is 4.98 Å². The first-order valence-electron chi connectivity index (χ1n) is 6.49. The van der Waals surface area contributed by atoms with Gasteiger partial charge >= 0.3 is 0 Å². The van der Waals surface area contributed by atoms with Gasteiger partial charge in [-0.2, -0.15) is 5.26 Å². The Labute approximate surface area is 120 Å². The quantitative estimate of drug-likeness (QED) is 0.526. The molecule has 0 radical (unpaired) electrons. The molecule has 0 amide bonds. The molecule has 0 saturated carbocycles. The van der Waals surface area contributed by atoms with E-state index >= 15 is 0 Å². The minimum atomic E-state index is 0.522. The number of fused-ring (bicyclic) bond motifs is 3. The lowest BCUT2D eigenvalue weighted by Gasteiger charge is -2.00. The monoisotopic (exact) mass is 271 g/mol. The fraction of sp³-hybridized carbons (Fsp3) is 0. The molecule has 0 fully saturated rings. The second-order valence-electron chi connectivity index (χ2n) is 4.69. The highest BCUT2D eigenvalue weighted by Gasteiger charge is 2.13. The molecule has 4 rings (SSSR count). The van der Waals surface area contributed by atoms with Crippen LogP contribution in [0.3, 0.4) is 0 Å². The molecule has 4 heteroatoms. The van der Waals surface area contributed by atoms with Gasteiger partial charge in [0.15, 0.2) is 0 Å². The largest absolute Gasteiger partial charge is 0.437 e. The Morgan fingerprint density at radius 3 is 2.76 bits per heavy atom. The van der Waals surface area contributed by atoms with Crippen molar-refractivity contribution in [2.75, 3.05) is 0 Å². The highest BCUT2D eigenvalue weighted by atomic mass is 16.3. The highest BCUT2D eigenvalue weighted by molar-refractivity contribution is 6.08. The Hall–Kier alpha value is -3.19. The summed E-state index contributed by atoms with van der Waals surface area (Å²) in [6, 6.07) is 15.6. The lowest BCUT2D eigenvalue weighted by atomic mass is 10.1. The first-order chi connectivity index (χ1) is 10.4. The zero-order valence-electron chi connectivity index (χ0n) is 10.9. The van der Waals surface area contributed by atoms with Crippen molar-refractivity contribution in [2.24, 2.45) is 0 Å². The lowest BCUT2D eigenvalue weighted by molar-refractivity contribution is 0.655. The van der Waals surface area contributed by atoms with Crippen LogP contribution in [0.4, 0.5) is 0 Å². The molecule has 0 atom stereocenters. The fourth-order valence-electron chi connectivity index (χ4n) is 2.47. The minimum absolute atomic E-state index is 0.522. The first kappa shape index (κ1) is 11.6. The average molecular weight is 271 g/mol. The summed E-state index contributed by atoms with van der Waals surface area (Å²) in [5.41, 5.74) is 3.57. The molecule has 0 spiro atoms. The third kappa shape index (κ3) is 1.76. The second-order valence-corrected chi connectivity index (χ2v) is 4.69. The van der Waals surface area contributed by atoms with Crippen LogP contribution in [0.1, 0.15) is 5.56 Å². The van der Waals surface area contributed by atoms with Crippen LogP contribution >= 0.6 is 0 Å². The van der Waals surface area contributed by atoms with E-state index in [9.17, 15) is 0 Å². The summed E-state index contributed by atoms with van der Waals surface area (Å²) >= 11 is 0. The minimum Gasteiger partial charge on any atom is -0.437 e. The molecule has 4 aromatic rings. The van der Waals surface area contributed by atoms with Crippen LogP contribution in [-0.4, -0.2) is 9.97 Å². The van der Waals surface area contributed by atoms with E-state index < -0.39 is 0 Å². The van der Waals surface area contributed by atoms with Gasteiger partial charge in [0.05, 0.1) is 11.3 Å². The van der Waals surface area contributed by atoms with Gasteiger partial charge in [0.25, 0.3) is 0 Å². The molecule has 0 aliphatic carbocycles. The number of furan rings is 1. The summed E-state index contributed by atoms with van der Waals surface area (Å²) in [7, 11) is 0. The van der Waals surface area contributed by atoms with E-state index in [0.29, 0.717) is 11.3 Å². The first-order valence-corrected chi connectivity index (χ1v) is 6.49. The number of aromatic nitrogens is 2. The summed E-state index contributed by atoms with van der Waals surface area (Å²) < 4.78 is 5.88. The molecule has 21 heavy (non-hydrogen) atoms. The Kier molecular flexibility index (Phi) is 2.45. The van der Waals surface area contributed by atoms with E-state index in [1.807, 2.05) is 36.4 Å². The maximum atomic E-state index is 9.01. The standard InChI is InChI=1S/C17H9N3O/c18-9-11-8-14-12-4-3-5-13(15-6-1-2-7-19-15)16(12)21-17(14)20-10-11/h1-8,10H. The smallest absolute Gasteiger partial charge is 0.227 e. The van der Waals surface area contributed by atoms with Crippen LogP contribution < -0.4 is 0 Å². The van der Waals surface area contributed by atoms with E-state index in [1.54, 1.807) is 12.3 Å². The van der Waals surface area contributed by atoms with Gasteiger partial charge in [-0.1, -0.05) is 18.2 Å². The van der Waals surface area contributed by atoms with Gasteiger partial charge in [0.1, 0.15) is 11.7 Å². The Morgan fingerprint density at radius 1 is 1.00 bits per heavy atom. The predicted octanol–water partition coefficient (Wildman–Crippen LogP) is 3.91. The number of benzene rings is 1. The molecule has 1 aromatic carbocycles. The van der Waals surface area contributed by atoms with Gasteiger partial charge in [0, 0.05) is 28.7 Å². The molecule has 3 aromatic heterocycles. The van der Waals surface area contributed by atoms with Gasteiger partial charge in [0.2, 0.25) is 5.71 Å². The topological polar surface area (TPSA) is 62.7 Å². The zero-order valence-corrected chi connectivity index (χ0v) is 10.9. The Bertz CT molecular complexity index is 997. The van der Waals surface area contributed by atoms with Crippen molar-refractivity contribution in [3.05, 3.63) is 60.4 Å². The second kappa shape index (κ2) is 4.43. The van der Waals surface area contributed by atoms with Crippen LogP contribution in [0.2, 0.25) is 0 Å². The molecule has 98 valence electrons. The Morgan fingerprint density at radius 2 is 1.95 bits per heavy atom. The van der Waals surface area contributed by atoms with Gasteiger partial charge in [-0.05, 0) is 24.3 Å². The van der Waals surface area contributed by atoms with E-state index in [0.717, 1.165) is 27.6 Å². The van der Waals surface area contributed by atoms with Crippen LogP contribution in [-0.2, 0) is 0 Å². The van der Waals surface area contributed by atoms with E-state index in [1.165, 1.54) is 6.20 Å². The number of nitriles is 1. The molecule has 0 aliphatic rings. The Balaban J connectivity index is 2.09. The van der Waals surface area contributed by atoms with Crippen LogP contribution in [0.5, 0.6) is 0 Å². The molecule has 3 heterocycles. The van der Waals surface area contributed by atoms with E-state index in [2.05, 4.69) is 16.0 Å². The maximum Gasteiger partial charge on any atom is 0.227 e. The fourth-order valence-corrected chi connectivity index (χ4v) is 2.47. The molecule has 0 N–H and O–H groups in total. The number of pyridine rings is 2. The third-order valence-electron chi connectivity index (χ3n) is 3.43. The maximum absolute atomic E-state index is 9.01. The molecular weight excluding hydrogens is 262 g/mol. The van der Waals surface area contributed by atoms with Crippen molar-refractivity contribution in [2.45, 2.75) is 0 Å². The number of rotatable bonds is 1. The predicted molar refractivity (Wildman–Crippen MR) is 79.5 cm³/mol. The van der Waals surface area contributed by atoms with Crippen LogP contribution in [0, 0.1) is 11.3 Å². The number of hydrogen-bond donors (Lipinski definition) is 0. The van der Waals surface area contributed by atoms with Gasteiger partial charge in [-0.15, -0.1) is 0 Å². The van der Waals surface area contributed by atoms with Crippen LogP contribution in [0.15, 0.2) is 59.3 Å². The van der Waals surface area contributed by atoms with Crippen molar-refractivity contribution in [3.63, 3.8) is 0 Å². The van der Waals surface area contributed by atoms with Crippen molar-refractivity contribution < 1.29 is 4.42 Å². The number of hydrogen-bond acceptors (Lipinski definition) is 4. The molecular formula is C17H9N3O. The highest BCUT2D eigenvalue weighted by Crippen LogP contribution is 2.34. The van der Waals surface area contributed by atoms with Crippen LogP contribution in [0.25, 0.3) is 33.3 Å². The van der Waals surface area contributed by atoms with Crippen molar-refractivity contribution >= 4 is 22.1 Å². The van der Waals surface area contributed by atoms with E-state index in [-0.39, 0.29) is 0 Å². The summed E-state index contributed by atoms with van der Waals surface area (Å²) in [5, 5.41) is 10.8. The zero-order chi connectivity index (χ0) is 14.2. The SMILES string of the molecule is N#Cc1cnc2oc3c(-c4ccccn4)cccc3c2c1. The van der Waals surface area contributed by atoms with Gasteiger partial charge < -0.3 is 4.42 Å². The number of nitrogens with zero attached hydrogens (tertiary/aromatic N) is 3. The summed E-state index contributed by atoms with van der Waals surface area (Å²) in [5.74, 6) is 0. The molecule has 4 nitrogen and oxygen atoms in total. The molecule has 0 unspecified atom stereocenters. The normalized spacial score (nSPS) is 10.8. The number of para-hydroxylation sites is 1. The molecule has 0 bridgehead atoms. The third-order valence-corrected chi connectivity index (χ3v) is 3.43. The lowest BCUT2D eigenvalue weighted by Crippen LogP contribution is -1.82. The average Bonchev–Trinajstić information content (AvgIpc) is 2.93. The summed E-state index contributed by atoms with van der Waals surface area (Å²) in [4.78, 5) is 8.58. The van der Waals surface area contributed by atoms with Crippen molar-refractivity contribution in [1.82, 2.24) is 9.97 Å². The molecule has 0 aliphatic heterocycles. The summed E-state index contributed by atoms with van der Waals surface area (Å²) in [6.07, 6.45) is 3.27.